The molecule has 1 atom stereocenters. The average molecular weight is 257 g/mol. The van der Waals surface area contributed by atoms with E-state index in [1.165, 1.54) is 24.3 Å². The SMILES string of the molecule is CC1Cc2ccc(F)cc2N=C1c1cccc(F)c1. The molecule has 3 heteroatoms. The Morgan fingerprint density at radius 1 is 1.05 bits per heavy atom. The molecule has 0 N–H and O–H groups in total. The van der Waals surface area contributed by atoms with Gasteiger partial charge in [-0.25, -0.2) is 8.78 Å². The average Bonchev–Trinajstić information content (AvgIpc) is 2.38. The minimum absolute atomic E-state index is 0.194. The fraction of sp³-hybridized carbons (Fsp3) is 0.188. The van der Waals surface area contributed by atoms with Gasteiger partial charge in [0.25, 0.3) is 0 Å². The van der Waals surface area contributed by atoms with E-state index in [0.717, 1.165) is 23.3 Å². The lowest BCUT2D eigenvalue weighted by atomic mass is 9.88. The molecule has 0 radical (unpaired) electrons. The van der Waals surface area contributed by atoms with E-state index in [0.29, 0.717) is 5.69 Å². The topological polar surface area (TPSA) is 12.4 Å². The zero-order valence-electron chi connectivity index (χ0n) is 10.5. The van der Waals surface area contributed by atoms with E-state index >= 15 is 0 Å². The van der Waals surface area contributed by atoms with Crippen molar-refractivity contribution in [1.29, 1.82) is 0 Å². The van der Waals surface area contributed by atoms with Gasteiger partial charge in [0.05, 0.1) is 11.4 Å². The summed E-state index contributed by atoms with van der Waals surface area (Å²) in [6, 6.07) is 11.0. The first-order valence-corrected chi connectivity index (χ1v) is 6.26. The van der Waals surface area contributed by atoms with Crippen molar-refractivity contribution < 1.29 is 8.78 Å². The Kier molecular flexibility index (Phi) is 2.90. The van der Waals surface area contributed by atoms with Crippen molar-refractivity contribution in [2.75, 3.05) is 0 Å². The minimum Gasteiger partial charge on any atom is -0.252 e. The third kappa shape index (κ3) is 2.28. The normalized spacial score (nSPS) is 17.8. The van der Waals surface area contributed by atoms with Gasteiger partial charge in [-0.1, -0.05) is 25.1 Å². The summed E-state index contributed by atoms with van der Waals surface area (Å²) < 4.78 is 26.6. The molecule has 0 aromatic heterocycles. The molecule has 1 aliphatic heterocycles. The smallest absolute Gasteiger partial charge is 0.125 e. The summed E-state index contributed by atoms with van der Waals surface area (Å²) in [5.74, 6) is -0.382. The predicted octanol–water partition coefficient (Wildman–Crippen LogP) is 4.28. The maximum Gasteiger partial charge on any atom is 0.125 e. The lowest BCUT2D eigenvalue weighted by Gasteiger charge is -2.22. The lowest BCUT2D eigenvalue weighted by Crippen LogP contribution is -2.19. The van der Waals surface area contributed by atoms with Crippen molar-refractivity contribution in [2.45, 2.75) is 13.3 Å². The Morgan fingerprint density at radius 3 is 2.63 bits per heavy atom. The molecule has 0 saturated heterocycles. The van der Waals surface area contributed by atoms with Gasteiger partial charge in [0.2, 0.25) is 0 Å². The Balaban J connectivity index is 2.11. The quantitative estimate of drug-likeness (QED) is 0.723. The summed E-state index contributed by atoms with van der Waals surface area (Å²) in [4.78, 5) is 4.51. The molecule has 0 aliphatic carbocycles. The zero-order valence-corrected chi connectivity index (χ0v) is 10.5. The van der Waals surface area contributed by atoms with Crippen LogP contribution in [0.4, 0.5) is 14.5 Å². The molecular formula is C16H13F2N. The zero-order chi connectivity index (χ0) is 13.4. The number of hydrogen-bond donors (Lipinski definition) is 0. The maximum absolute atomic E-state index is 13.3. The molecule has 1 heterocycles. The number of rotatable bonds is 1. The van der Waals surface area contributed by atoms with Crippen molar-refractivity contribution in [1.82, 2.24) is 0 Å². The van der Waals surface area contributed by atoms with Gasteiger partial charge >= 0.3 is 0 Å². The third-order valence-corrected chi connectivity index (χ3v) is 3.40. The fourth-order valence-electron chi connectivity index (χ4n) is 2.48. The summed E-state index contributed by atoms with van der Waals surface area (Å²) in [6.07, 6.45) is 0.797. The first-order chi connectivity index (χ1) is 9.13. The van der Waals surface area contributed by atoms with Gasteiger partial charge in [-0.15, -0.1) is 0 Å². The maximum atomic E-state index is 13.3. The first kappa shape index (κ1) is 12.0. The molecule has 0 spiro atoms. The van der Waals surface area contributed by atoms with Crippen LogP contribution in [0.1, 0.15) is 18.1 Å². The standard InChI is InChI=1S/C16H13F2N/c1-10-7-11-5-6-14(18)9-15(11)19-16(10)12-3-2-4-13(17)8-12/h2-6,8-10H,7H2,1H3. The van der Waals surface area contributed by atoms with Gasteiger partial charge in [0.1, 0.15) is 11.6 Å². The summed E-state index contributed by atoms with van der Waals surface area (Å²) in [5, 5.41) is 0. The number of aliphatic imine (C=N–C) groups is 1. The van der Waals surface area contributed by atoms with E-state index in [9.17, 15) is 8.78 Å². The molecule has 1 unspecified atom stereocenters. The largest absolute Gasteiger partial charge is 0.252 e. The van der Waals surface area contributed by atoms with Gasteiger partial charge in [-0.05, 0) is 41.8 Å². The number of hydrogen-bond acceptors (Lipinski definition) is 1. The van der Waals surface area contributed by atoms with Crippen LogP contribution in [-0.4, -0.2) is 5.71 Å². The summed E-state index contributed by atoms with van der Waals surface area (Å²) >= 11 is 0. The molecule has 96 valence electrons. The van der Waals surface area contributed by atoms with Crippen LogP contribution < -0.4 is 0 Å². The first-order valence-electron chi connectivity index (χ1n) is 6.26. The highest BCUT2D eigenvalue weighted by atomic mass is 19.1. The van der Waals surface area contributed by atoms with Crippen molar-refractivity contribution in [2.24, 2.45) is 10.9 Å². The summed E-state index contributed by atoms with van der Waals surface area (Å²) in [6.45, 7) is 2.05. The van der Waals surface area contributed by atoms with E-state index in [2.05, 4.69) is 11.9 Å². The van der Waals surface area contributed by atoms with E-state index in [1.54, 1.807) is 12.1 Å². The van der Waals surface area contributed by atoms with Crippen molar-refractivity contribution >= 4 is 11.4 Å². The van der Waals surface area contributed by atoms with Gasteiger partial charge in [0.15, 0.2) is 0 Å². The summed E-state index contributed by atoms with van der Waals surface area (Å²) in [7, 11) is 0. The van der Waals surface area contributed by atoms with Crippen molar-refractivity contribution in [3.63, 3.8) is 0 Å². The monoisotopic (exact) mass is 257 g/mol. The van der Waals surface area contributed by atoms with E-state index in [1.807, 2.05) is 6.07 Å². The molecule has 1 aliphatic rings. The van der Waals surface area contributed by atoms with Crippen molar-refractivity contribution in [3.05, 3.63) is 65.2 Å². The van der Waals surface area contributed by atoms with Crippen LogP contribution in [0, 0.1) is 17.6 Å². The Morgan fingerprint density at radius 2 is 1.84 bits per heavy atom. The third-order valence-electron chi connectivity index (χ3n) is 3.40. The molecular weight excluding hydrogens is 244 g/mol. The number of halogens is 2. The van der Waals surface area contributed by atoms with Crippen LogP contribution in [0.2, 0.25) is 0 Å². The summed E-state index contributed by atoms with van der Waals surface area (Å²) in [5.41, 5.74) is 3.27. The Bertz CT molecular complexity index is 662. The highest BCUT2D eigenvalue weighted by Gasteiger charge is 2.21. The van der Waals surface area contributed by atoms with Crippen LogP contribution in [0.3, 0.4) is 0 Å². The van der Waals surface area contributed by atoms with Crippen LogP contribution in [-0.2, 0) is 6.42 Å². The van der Waals surface area contributed by atoms with Crippen molar-refractivity contribution in [3.8, 4) is 0 Å². The number of benzene rings is 2. The molecule has 19 heavy (non-hydrogen) atoms. The van der Waals surface area contributed by atoms with E-state index in [4.69, 9.17) is 0 Å². The number of fused-ring (bicyclic) bond motifs is 1. The van der Waals surface area contributed by atoms with Gasteiger partial charge in [-0.3, -0.25) is 4.99 Å². The van der Waals surface area contributed by atoms with Crippen LogP contribution in [0.15, 0.2) is 47.5 Å². The molecule has 1 nitrogen and oxygen atoms in total. The highest BCUT2D eigenvalue weighted by Crippen LogP contribution is 2.31. The minimum atomic E-state index is -0.296. The lowest BCUT2D eigenvalue weighted by molar-refractivity contribution is 0.624. The second kappa shape index (κ2) is 4.57. The second-order valence-corrected chi connectivity index (χ2v) is 4.89. The highest BCUT2D eigenvalue weighted by molar-refractivity contribution is 6.04. The fourth-order valence-corrected chi connectivity index (χ4v) is 2.48. The number of nitrogens with zero attached hydrogens (tertiary/aromatic N) is 1. The molecule has 0 amide bonds. The molecule has 0 fully saturated rings. The van der Waals surface area contributed by atoms with Gasteiger partial charge in [0, 0.05) is 5.92 Å². The van der Waals surface area contributed by atoms with Crippen LogP contribution in [0.25, 0.3) is 0 Å². The van der Waals surface area contributed by atoms with Gasteiger partial charge in [-0.2, -0.15) is 0 Å². The van der Waals surface area contributed by atoms with E-state index in [-0.39, 0.29) is 17.6 Å². The van der Waals surface area contributed by atoms with Crippen LogP contribution in [0.5, 0.6) is 0 Å². The Hall–Kier alpha value is -2.03. The molecule has 3 rings (SSSR count). The Labute approximate surface area is 110 Å². The second-order valence-electron chi connectivity index (χ2n) is 4.89. The van der Waals surface area contributed by atoms with Gasteiger partial charge < -0.3 is 0 Å². The molecule has 2 aromatic carbocycles. The molecule has 0 saturated carbocycles. The molecule has 0 bridgehead atoms. The van der Waals surface area contributed by atoms with E-state index < -0.39 is 0 Å². The van der Waals surface area contributed by atoms with Crippen LogP contribution >= 0.6 is 0 Å². The molecule has 2 aromatic rings. The predicted molar refractivity (Wildman–Crippen MR) is 71.9 cm³/mol.